The van der Waals surface area contributed by atoms with Crippen LogP contribution in [0.3, 0.4) is 0 Å². The van der Waals surface area contributed by atoms with Gasteiger partial charge < -0.3 is 0 Å². The third kappa shape index (κ3) is 5.06. The van der Waals surface area contributed by atoms with Crippen LogP contribution in [0, 0.1) is 0 Å². The molecule has 0 amide bonds. The molecule has 1 saturated carbocycles. The second-order valence-corrected chi connectivity index (χ2v) is 9.00. The fourth-order valence-corrected chi connectivity index (χ4v) is 3.96. The Morgan fingerprint density at radius 2 is 1.17 bits per heavy atom. The van der Waals surface area contributed by atoms with E-state index in [4.69, 9.17) is 0 Å². The van der Waals surface area contributed by atoms with Gasteiger partial charge in [0.05, 0.1) is 0 Å². The molecule has 0 N–H and O–H groups in total. The van der Waals surface area contributed by atoms with Crippen LogP contribution < -0.4 is 0 Å². The van der Waals surface area contributed by atoms with Crippen LogP contribution in [0.1, 0.15) is 19.3 Å². The summed E-state index contributed by atoms with van der Waals surface area (Å²) in [4.78, 5) is 11.9. The Labute approximate surface area is 167 Å². The minimum absolute atomic E-state index is 0.0953. The number of rotatable bonds is 6. The Bertz CT molecular complexity index is 1160. The summed E-state index contributed by atoms with van der Waals surface area (Å²) in [6.45, 7) is 0. The molecule has 0 spiro atoms. The lowest BCUT2D eigenvalue weighted by molar-refractivity contribution is -0.113. The number of benzene rings is 2. The quantitative estimate of drug-likeness (QED) is 0.635. The highest BCUT2D eigenvalue weighted by Crippen LogP contribution is 2.17. The third-order valence-corrected chi connectivity index (χ3v) is 6.13. The lowest BCUT2D eigenvalue weighted by Gasteiger charge is -2.13. The Hall–Kier alpha value is -3.05. The summed E-state index contributed by atoms with van der Waals surface area (Å²) >= 11 is 0. The highest BCUT2D eigenvalue weighted by Gasteiger charge is 2.28. The van der Waals surface area contributed by atoms with Crippen LogP contribution in [0.15, 0.2) is 80.8 Å². The fourth-order valence-electron chi connectivity index (χ4n) is 2.45. The number of hydrogen-bond donors (Lipinski definition) is 0. The van der Waals surface area contributed by atoms with Gasteiger partial charge in [-0.1, -0.05) is 46.7 Å². The number of carbonyl (C=O) groups is 1. The predicted octanol–water partition coefficient (Wildman–Crippen LogP) is 2.26. The fraction of sp³-hybridized carbons (Fsp3) is 0.167. The van der Waals surface area contributed by atoms with Crippen LogP contribution >= 0.6 is 0 Å². The summed E-state index contributed by atoms with van der Waals surface area (Å²) in [5.41, 5.74) is -0.497. The highest BCUT2D eigenvalue weighted by molar-refractivity contribution is 7.87. The zero-order chi connectivity index (χ0) is 20.9. The third-order valence-electron chi connectivity index (χ3n) is 3.89. The number of carbonyl (C=O) groups excluding carboxylic acids is 1. The van der Waals surface area contributed by atoms with Crippen LogP contribution in [-0.2, 0) is 33.6 Å². The van der Waals surface area contributed by atoms with Gasteiger partial charge in [-0.05, 0) is 37.1 Å². The van der Waals surface area contributed by atoms with Crippen LogP contribution in [0.25, 0.3) is 0 Å². The molecule has 0 saturated heterocycles. The molecule has 1 aliphatic rings. The Morgan fingerprint density at radius 3 is 1.69 bits per heavy atom. The molecule has 11 heteroatoms. The van der Waals surface area contributed by atoms with E-state index in [2.05, 4.69) is 18.9 Å². The van der Waals surface area contributed by atoms with E-state index in [-0.39, 0.29) is 34.1 Å². The maximum absolute atomic E-state index is 12.2. The zero-order valence-corrected chi connectivity index (χ0v) is 16.6. The van der Waals surface area contributed by atoms with E-state index in [1.807, 2.05) is 0 Å². The average Bonchev–Trinajstić information content (AvgIpc) is 2.73. The molecule has 0 atom stereocenters. The van der Waals surface area contributed by atoms with Crippen molar-refractivity contribution in [2.24, 2.45) is 10.3 Å². The number of Topliss-reactive ketones (excluding diaryl/α,β-unsaturated/α-hetero) is 1. The van der Waals surface area contributed by atoms with Gasteiger partial charge in [0.1, 0.15) is 15.5 Å². The van der Waals surface area contributed by atoms with E-state index >= 15 is 0 Å². The predicted molar refractivity (Wildman–Crippen MR) is 103 cm³/mol. The molecule has 0 heterocycles. The summed E-state index contributed by atoms with van der Waals surface area (Å²) in [5.74, 6) is -0.529. The first-order chi connectivity index (χ1) is 13.8. The minimum atomic E-state index is -4.25. The van der Waals surface area contributed by atoms with Gasteiger partial charge in [0.15, 0.2) is 11.5 Å². The van der Waals surface area contributed by atoms with Crippen molar-refractivity contribution in [3.8, 4) is 0 Å². The van der Waals surface area contributed by atoms with Gasteiger partial charge in [0.2, 0.25) is 0 Å². The molecule has 0 unspecified atom stereocenters. The largest absolute Gasteiger partial charge is 0.358 e. The molecule has 0 bridgehead atoms. The van der Waals surface area contributed by atoms with Gasteiger partial charge in [0, 0.05) is 6.42 Å². The van der Waals surface area contributed by atoms with Gasteiger partial charge in [-0.15, -0.1) is 0 Å². The minimum Gasteiger partial charge on any atom is -0.292 e. The van der Waals surface area contributed by atoms with Crippen molar-refractivity contribution < 1.29 is 30.2 Å². The Balaban J connectivity index is 1.85. The zero-order valence-electron chi connectivity index (χ0n) is 15.0. The van der Waals surface area contributed by atoms with Crippen molar-refractivity contribution in [3.05, 3.63) is 60.7 Å². The molecule has 2 aromatic rings. The van der Waals surface area contributed by atoms with E-state index < -0.39 is 26.0 Å². The SMILES string of the molecule is O=C1CCCC(=NOS(=O)(=O)c2ccccc2)C1=NOS(=O)(=O)c1ccccc1. The van der Waals surface area contributed by atoms with Crippen LogP contribution in [0.4, 0.5) is 0 Å². The van der Waals surface area contributed by atoms with E-state index in [1.165, 1.54) is 48.5 Å². The molecule has 0 aromatic heterocycles. The molecular weight excluding hydrogens is 420 g/mol. The summed E-state index contributed by atoms with van der Waals surface area (Å²) in [6.07, 6.45) is 0.651. The van der Waals surface area contributed by atoms with Gasteiger partial charge in [0.25, 0.3) is 0 Å². The van der Waals surface area contributed by atoms with Gasteiger partial charge in [-0.3, -0.25) is 13.4 Å². The molecular formula is C18H16N2O7S2. The normalized spacial score (nSPS) is 18.0. The molecule has 152 valence electrons. The number of ketones is 1. The average molecular weight is 436 g/mol. The van der Waals surface area contributed by atoms with E-state index in [0.717, 1.165) is 0 Å². The molecule has 1 aliphatic carbocycles. The summed E-state index contributed by atoms with van der Waals surface area (Å²) in [5, 5.41) is 6.98. The first-order valence-corrected chi connectivity index (χ1v) is 11.3. The van der Waals surface area contributed by atoms with Crippen LogP contribution in [0.2, 0.25) is 0 Å². The monoisotopic (exact) mass is 436 g/mol. The molecule has 9 nitrogen and oxygen atoms in total. The number of nitrogens with zero attached hydrogens (tertiary/aromatic N) is 2. The lowest BCUT2D eigenvalue weighted by atomic mass is 9.95. The van der Waals surface area contributed by atoms with Crippen molar-refractivity contribution in [3.63, 3.8) is 0 Å². The van der Waals surface area contributed by atoms with Crippen molar-refractivity contribution in [1.29, 1.82) is 0 Å². The summed E-state index contributed by atoms with van der Waals surface area (Å²) in [7, 11) is -8.45. The van der Waals surface area contributed by atoms with Crippen molar-refractivity contribution in [2.45, 2.75) is 29.1 Å². The second-order valence-electron chi connectivity index (χ2n) is 5.94. The molecule has 0 aliphatic heterocycles. The smallest absolute Gasteiger partial charge is 0.292 e. The van der Waals surface area contributed by atoms with E-state index in [1.54, 1.807) is 12.1 Å². The Kier molecular flexibility index (Phi) is 6.09. The van der Waals surface area contributed by atoms with Gasteiger partial charge >= 0.3 is 20.2 Å². The lowest BCUT2D eigenvalue weighted by Crippen LogP contribution is -2.30. The van der Waals surface area contributed by atoms with Gasteiger partial charge in [-0.25, -0.2) is 0 Å². The van der Waals surface area contributed by atoms with E-state index in [9.17, 15) is 21.6 Å². The number of oxime groups is 2. The van der Waals surface area contributed by atoms with Crippen LogP contribution in [-0.4, -0.2) is 34.0 Å². The molecule has 0 radical (unpaired) electrons. The molecule has 1 fully saturated rings. The first kappa shape index (κ1) is 20.7. The highest BCUT2D eigenvalue weighted by atomic mass is 32.2. The van der Waals surface area contributed by atoms with Crippen molar-refractivity contribution in [1.82, 2.24) is 0 Å². The number of hydrogen-bond acceptors (Lipinski definition) is 9. The Morgan fingerprint density at radius 1 is 0.690 bits per heavy atom. The van der Waals surface area contributed by atoms with Crippen molar-refractivity contribution in [2.75, 3.05) is 0 Å². The molecule has 29 heavy (non-hydrogen) atoms. The summed E-state index contributed by atoms with van der Waals surface area (Å²) < 4.78 is 58.0. The van der Waals surface area contributed by atoms with Crippen molar-refractivity contribution >= 4 is 37.4 Å². The first-order valence-electron chi connectivity index (χ1n) is 8.45. The second kappa shape index (κ2) is 8.53. The van der Waals surface area contributed by atoms with Crippen LogP contribution in [0.5, 0.6) is 0 Å². The van der Waals surface area contributed by atoms with Gasteiger partial charge in [-0.2, -0.15) is 16.8 Å². The maximum Gasteiger partial charge on any atom is 0.358 e. The maximum atomic E-state index is 12.2. The molecule has 2 aromatic carbocycles. The standard InChI is InChI=1S/C18H16N2O7S2/c21-17-13-7-12-16(19-26-28(22,23)14-8-3-1-4-9-14)18(17)20-27-29(24,25)15-10-5-2-6-11-15/h1-6,8-11H,7,12-13H2. The summed E-state index contributed by atoms with van der Waals surface area (Å²) in [6, 6.07) is 14.6. The molecule has 3 rings (SSSR count). The van der Waals surface area contributed by atoms with E-state index in [0.29, 0.717) is 6.42 Å². The topological polar surface area (TPSA) is 129 Å².